The average molecular weight is 378 g/mol. The van der Waals surface area contributed by atoms with Crippen molar-refractivity contribution in [2.75, 3.05) is 5.32 Å². The number of para-hydroxylation sites is 2. The zero-order valence-electron chi connectivity index (χ0n) is 17.4. The topological polar surface area (TPSA) is 39.1 Å². The third-order valence-electron chi connectivity index (χ3n) is 5.62. The van der Waals surface area contributed by atoms with E-state index >= 15 is 0 Å². The van der Waals surface area contributed by atoms with E-state index in [9.17, 15) is 0 Å². The maximum atomic E-state index is 5.76. The van der Waals surface area contributed by atoms with Gasteiger partial charge in [0, 0.05) is 11.7 Å². The molecule has 0 bridgehead atoms. The first-order valence-electron chi connectivity index (χ1n) is 10.4. The molecule has 0 amide bonds. The van der Waals surface area contributed by atoms with Crippen molar-refractivity contribution in [2.24, 2.45) is 5.41 Å². The summed E-state index contributed by atoms with van der Waals surface area (Å²) in [5.41, 5.74) is 3.67. The van der Waals surface area contributed by atoms with Crippen LogP contribution in [0.15, 0.2) is 48.5 Å². The quantitative estimate of drug-likeness (QED) is 0.537. The molecule has 4 heteroatoms. The van der Waals surface area contributed by atoms with Gasteiger partial charge in [-0.3, -0.25) is 0 Å². The van der Waals surface area contributed by atoms with Crippen molar-refractivity contribution in [3.63, 3.8) is 0 Å². The first kappa shape index (κ1) is 18.9. The lowest BCUT2D eigenvalue weighted by Crippen LogP contribution is -2.25. The monoisotopic (exact) mass is 377 g/mol. The molecular formula is C24H31N3O. The van der Waals surface area contributed by atoms with Crippen molar-refractivity contribution in [1.82, 2.24) is 9.55 Å². The molecule has 148 valence electrons. The summed E-state index contributed by atoms with van der Waals surface area (Å²) >= 11 is 0. The molecule has 1 atom stereocenters. The predicted octanol–water partition coefficient (Wildman–Crippen LogP) is 6.71. The Morgan fingerprint density at radius 2 is 1.86 bits per heavy atom. The van der Waals surface area contributed by atoms with Gasteiger partial charge in [-0.05, 0) is 74.9 Å². The summed E-state index contributed by atoms with van der Waals surface area (Å²) in [4.78, 5) is 4.92. The van der Waals surface area contributed by atoms with E-state index in [0.717, 1.165) is 22.9 Å². The van der Waals surface area contributed by atoms with E-state index in [1.807, 2.05) is 26.0 Å². The van der Waals surface area contributed by atoms with E-state index in [1.54, 1.807) is 0 Å². The van der Waals surface area contributed by atoms with Gasteiger partial charge in [0.05, 0.1) is 17.1 Å². The summed E-state index contributed by atoms with van der Waals surface area (Å²) in [6.45, 7) is 8.86. The number of nitrogens with zero attached hydrogens (tertiary/aromatic N) is 2. The van der Waals surface area contributed by atoms with Gasteiger partial charge >= 0.3 is 0 Å². The van der Waals surface area contributed by atoms with E-state index in [-0.39, 0.29) is 6.10 Å². The van der Waals surface area contributed by atoms with Gasteiger partial charge in [0.15, 0.2) is 0 Å². The molecule has 4 rings (SSSR count). The van der Waals surface area contributed by atoms with Crippen LogP contribution in [0.5, 0.6) is 5.75 Å². The second-order valence-corrected chi connectivity index (χ2v) is 9.02. The van der Waals surface area contributed by atoms with E-state index in [2.05, 4.69) is 60.1 Å². The molecule has 1 N–H and O–H groups in total. The summed E-state index contributed by atoms with van der Waals surface area (Å²) in [5, 5.41) is 3.56. The molecule has 0 radical (unpaired) electrons. The van der Waals surface area contributed by atoms with Crippen molar-refractivity contribution in [3.05, 3.63) is 48.5 Å². The van der Waals surface area contributed by atoms with Crippen LogP contribution >= 0.6 is 0 Å². The van der Waals surface area contributed by atoms with Crippen LogP contribution in [-0.2, 0) is 0 Å². The zero-order valence-corrected chi connectivity index (χ0v) is 17.4. The molecule has 3 aromatic rings. The number of imidazole rings is 1. The van der Waals surface area contributed by atoms with Crippen molar-refractivity contribution < 1.29 is 4.74 Å². The molecule has 1 saturated carbocycles. The molecule has 1 aliphatic carbocycles. The number of hydrogen-bond acceptors (Lipinski definition) is 3. The number of fused-ring (bicyclic) bond motifs is 1. The summed E-state index contributed by atoms with van der Waals surface area (Å²) in [7, 11) is 0. The lowest BCUT2D eigenvalue weighted by atomic mass is 9.75. The van der Waals surface area contributed by atoms with Crippen LogP contribution in [0.1, 0.15) is 59.4 Å². The lowest BCUT2D eigenvalue weighted by Gasteiger charge is -2.36. The summed E-state index contributed by atoms with van der Waals surface area (Å²) in [6.07, 6.45) is 5.14. The highest BCUT2D eigenvalue weighted by Crippen LogP contribution is 2.43. The van der Waals surface area contributed by atoms with Crippen molar-refractivity contribution >= 4 is 22.7 Å². The van der Waals surface area contributed by atoms with Gasteiger partial charge in [-0.2, -0.15) is 0 Å². The normalized spacial score (nSPS) is 19.1. The fourth-order valence-corrected chi connectivity index (χ4v) is 4.40. The molecular weight excluding hydrogens is 346 g/mol. The molecule has 1 aromatic heterocycles. The van der Waals surface area contributed by atoms with Gasteiger partial charge < -0.3 is 14.6 Å². The van der Waals surface area contributed by atoms with Crippen LogP contribution in [-0.4, -0.2) is 15.7 Å². The Kier molecular flexibility index (Phi) is 5.05. The Balaban J connectivity index is 1.67. The van der Waals surface area contributed by atoms with Crippen molar-refractivity contribution in [1.29, 1.82) is 0 Å². The zero-order chi connectivity index (χ0) is 19.7. The summed E-state index contributed by atoms with van der Waals surface area (Å²) in [5.74, 6) is 1.82. The molecule has 2 aromatic carbocycles. The Labute approximate surface area is 167 Å². The minimum atomic E-state index is 0.178. The van der Waals surface area contributed by atoms with Gasteiger partial charge in [-0.1, -0.05) is 32.4 Å². The van der Waals surface area contributed by atoms with Crippen molar-refractivity contribution in [2.45, 2.75) is 65.5 Å². The second kappa shape index (κ2) is 7.50. The average Bonchev–Trinajstić information content (AvgIpc) is 3.00. The number of aromatic nitrogens is 2. The number of ether oxygens (including phenoxy) is 1. The Hall–Kier alpha value is -2.49. The SMILES string of the molecule is CC(C)Oc1ccc(Nc2nc3ccccc3n2[C@H]2CCCC(C)(C)C2)cc1. The van der Waals surface area contributed by atoms with Gasteiger partial charge in [-0.15, -0.1) is 0 Å². The van der Waals surface area contributed by atoms with E-state index < -0.39 is 0 Å². The molecule has 0 unspecified atom stereocenters. The third-order valence-corrected chi connectivity index (χ3v) is 5.62. The molecule has 0 saturated heterocycles. The molecule has 0 aliphatic heterocycles. The Morgan fingerprint density at radius 3 is 2.57 bits per heavy atom. The highest BCUT2D eigenvalue weighted by Gasteiger charge is 2.31. The molecule has 4 nitrogen and oxygen atoms in total. The standard InChI is InChI=1S/C24H31N3O/c1-17(2)28-20-13-11-18(12-14-20)25-23-26-21-9-5-6-10-22(21)27(23)19-8-7-15-24(3,4)16-19/h5-6,9-14,17,19H,7-8,15-16H2,1-4H3,(H,25,26)/t19-/m0/s1. The van der Waals surface area contributed by atoms with E-state index in [0.29, 0.717) is 11.5 Å². The minimum absolute atomic E-state index is 0.178. The summed E-state index contributed by atoms with van der Waals surface area (Å²) < 4.78 is 8.19. The molecule has 28 heavy (non-hydrogen) atoms. The van der Waals surface area contributed by atoms with Gasteiger partial charge in [0.2, 0.25) is 5.95 Å². The van der Waals surface area contributed by atoms with Crippen LogP contribution in [0.4, 0.5) is 11.6 Å². The molecule has 1 heterocycles. The maximum absolute atomic E-state index is 5.76. The van der Waals surface area contributed by atoms with Crippen LogP contribution in [0.2, 0.25) is 0 Å². The molecule has 1 fully saturated rings. The Morgan fingerprint density at radius 1 is 1.11 bits per heavy atom. The number of hydrogen-bond donors (Lipinski definition) is 1. The maximum Gasteiger partial charge on any atom is 0.208 e. The van der Waals surface area contributed by atoms with E-state index in [4.69, 9.17) is 9.72 Å². The fraction of sp³-hybridized carbons (Fsp3) is 0.458. The first-order chi connectivity index (χ1) is 13.4. The second-order valence-electron chi connectivity index (χ2n) is 9.02. The van der Waals surface area contributed by atoms with Crippen LogP contribution < -0.4 is 10.1 Å². The number of rotatable bonds is 5. The van der Waals surface area contributed by atoms with Crippen molar-refractivity contribution in [3.8, 4) is 5.75 Å². The van der Waals surface area contributed by atoms with Crippen LogP contribution in [0.3, 0.4) is 0 Å². The Bertz CT molecular complexity index is 940. The highest BCUT2D eigenvalue weighted by atomic mass is 16.5. The van der Waals surface area contributed by atoms with Gasteiger partial charge in [-0.25, -0.2) is 4.98 Å². The smallest absolute Gasteiger partial charge is 0.208 e. The third kappa shape index (κ3) is 4.01. The number of anilines is 2. The fourth-order valence-electron chi connectivity index (χ4n) is 4.40. The number of nitrogens with one attached hydrogen (secondary N) is 1. The predicted molar refractivity (Wildman–Crippen MR) is 117 cm³/mol. The first-order valence-corrected chi connectivity index (χ1v) is 10.4. The largest absolute Gasteiger partial charge is 0.491 e. The van der Waals surface area contributed by atoms with Crippen LogP contribution in [0.25, 0.3) is 11.0 Å². The summed E-state index contributed by atoms with van der Waals surface area (Å²) in [6, 6.07) is 17.1. The minimum Gasteiger partial charge on any atom is -0.491 e. The van der Waals surface area contributed by atoms with E-state index in [1.165, 1.54) is 31.2 Å². The van der Waals surface area contributed by atoms with Gasteiger partial charge in [0.25, 0.3) is 0 Å². The number of benzene rings is 2. The van der Waals surface area contributed by atoms with Gasteiger partial charge in [0.1, 0.15) is 5.75 Å². The lowest BCUT2D eigenvalue weighted by molar-refractivity contribution is 0.187. The molecule has 1 aliphatic rings. The highest BCUT2D eigenvalue weighted by molar-refractivity contribution is 5.80. The van der Waals surface area contributed by atoms with Crippen LogP contribution in [0, 0.1) is 5.41 Å². The molecule has 0 spiro atoms.